The standard InChI is InChI=1S/C44H47N5O3S/c1-28(2)26-48-23-20-44(21-24-48)19-17-32(25-44)52-38-13-8-10-33(29(38)3)34-15-16-40(46-41(34)30(4)50)49-22-18-31-9-7-11-35(36(31)27-49)42(51)47-43-45-37-12-5-6-14-39(37)53-43/h5-16,32H,1,17-27H2,2-4H3,(H,45,47,51). The minimum Gasteiger partial charge on any atom is -0.490 e. The van der Waals surface area contributed by atoms with Crippen LogP contribution in [0.1, 0.15) is 83.5 Å². The van der Waals surface area contributed by atoms with E-state index in [0.717, 1.165) is 95.0 Å². The highest BCUT2D eigenvalue weighted by Crippen LogP contribution is 2.48. The van der Waals surface area contributed by atoms with Gasteiger partial charge in [0.05, 0.1) is 16.3 Å². The number of para-hydroxylation sites is 1. The maximum absolute atomic E-state index is 13.6. The SMILES string of the molecule is C=C(C)CN1CCC2(CCC(Oc3cccc(-c4ccc(N5CCc6cccc(C(=O)Nc7nc8ccccc8s7)c6C5)nc4C(C)=O)c3C)C2)CC1. The molecular formula is C44H47N5O3S. The number of aromatic nitrogens is 2. The number of thiazole rings is 1. The lowest BCUT2D eigenvalue weighted by Crippen LogP contribution is -2.40. The summed E-state index contributed by atoms with van der Waals surface area (Å²) in [5, 5.41) is 3.61. The molecule has 8 rings (SSSR count). The quantitative estimate of drug-likeness (QED) is 0.120. The molecule has 53 heavy (non-hydrogen) atoms. The van der Waals surface area contributed by atoms with Crippen molar-refractivity contribution in [2.45, 2.75) is 71.9 Å². The summed E-state index contributed by atoms with van der Waals surface area (Å²) in [7, 11) is 0. The smallest absolute Gasteiger partial charge is 0.257 e. The summed E-state index contributed by atoms with van der Waals surface area (Å²) in [5.74, 6) is 1.34. The van der Waals surface area contributed by atoms with Crippen LogP contribution < -0.4 is 15.0 Å². The Hall–Kier alpha value is -4.86. The lowest BCUT2D eigenvalue weighted by Gasteiger charge is -2.39. The van der Waals surface area contributed by atoms with Crippen molar-refractivity contribution in [2.24, 2.45) is 5.41 Å². The number of pyridine rings is 1. The summed E-state index contributed by atoms with van der Waals surface area (Å²) in [6.07, 6.45) is 6.79. The molecule has 5 aromatic rings. The van der Waals surface area contributed by atoms with Crippen molar-refractivity contribution in [3.63, 3.8) is 0 Å². The minimum absolute atomic E-state index is 0.0865. The van der Waals surface area contributed by atoms with Crippen molar-refractivity contribution in [1.82, 2.24) is 14.9 Å². The third-order valence-electron chi connectivity index (χ3n) is 11.5. The Morgan fingerprint density at radius 2 is 1.75 bits per heavy atom. The Morgan fingerprint density at radius 1 is 0.943 bits per heavy atom. The van der Waals surface area contributed by atoms with Crippen LogP contribution in [0.15, 0.2) is 84.9 Å². The highest BCUT2D eigenvalue weighted by molar-refractivity contribution is 7.22. The van der Waals surface area contributed by atoms with Crippen LogP contribution in [0.2, 0.25) is 0 Å². The van der Waals surface area contributed by atoms with E-state index in [9.17, 15) is 9.59 Å². The minimum atomic E-state index is -0.176. The second-order valence-electron chi connectivity index (χ2n) is 15.3. The van der Waals surface area contributed by atoms with Gasteiger partial charge in [-0.2, -0.15) is 0 Å². The van der Waals surface area contributed by atoms with E-state index in [1.54, 1.807) is 6.92 Å². The maximum Gasteiger partial charge on any atom is 0.257 e. The number of carbonyl (C=O) groups is 2. The molecule has 1 unspecified atom stereocenters. The molecule has 272 valence electrons. The number of benzene rings is 3. The van der Waals surface area contributed by atoms with E-state index in [-0.39, 0.29) is 17.8 Å². The van der Waals surface area contributed by atoms with E-state index in [1.165, 1.54) is 36.2 Å². The third kappa shape index (κ3) is 7.25. The molecule has 3 aromatic carbocycles. The molecule has 1 spiro atoms. The number of amides is 1. The van der Waals surface area contributed by atoms with E-state index in [4.69, 9.17) is 9.72 Å². The Kier molecular flexibility index (Phi) is 9.64. The summed E-state index contributed by atoms with van der Waals surface area (Å²) in [5.41, 5.74) is 8.46. The fourth-order valence-corrected chi connectivity index (χ4v) is 9.54. The number of ether oxygens (including phenoxy) is 1. The van der Waals surface area contributed by atoms with E-state index in [2.05, 4.69) is 58.7 Å². The molecule has 1 amide bonds. The topological polar surface area (TPSA) is 87.7 Å². The van der Waals surface area contributed by atoms with E-state index >= 15 is 0 Å². The number of fused-ring (bicyclic) bond motifs is 2. The fraction of sp³-hybridized carbons (Fsp3) is 0.364. The zero-order chi connectivity index (χ0) is 36.7. The van der Waals surface area contributed by atoms with Gasteiger partial charge < -0.3 is 9.64 Å². The third-order valence-corrected chi connectivity index (χ3v) is 12.5. The normalized spacial score (nSPS) is 18.2. The molecule has 4 heterocycles. The molecule has 8 nitrogen and oxygen atoms in total. The van der Waals surface area contributed by atoms with Gasteiger partial charge in [0, 0.05) is 37.7 Å². The first-order valence-electron chi connectivity index (χ1n) is 18.8. The van der Waals surface area contributed by atoms with Gasteiger partial charge >= 0.3 is 0 Å². The molecule has 1 N–H and O–H groups in total. The number of rotatable bonds is 9. The molecule has 1 atom stereocenters. The fourth-order valence-electron chi connectivity index (χ4n) is 8.68. The number of ketones is 1. The molecular weight excluding hydrogens is 679 g/mol. The number of piperidine rings is 1. The van der Waals surface area contributed by atoms with Crippen molar-refractivity contribution in [3.05, 3.63) is 113 Å². The van der Waals surface area contributed by atoms with Crippen LogP contribution >= 0.6 is 11.3 Å². The molecule has 1 saturated heterocycles. The number of hydrogen-bond acceptors (Lipinski definition) is 8. The van der Waals surface area contributed by atoms with Crippen LogP contribution in [-0.4, -0.2) is 58.8 Å². The van der Waals surface area contributed by atoms with Gasteiger partial charge in [0.1, 0.15) is 17.3 Å². The first-order valence-corrected chi connectivity index (χ1v) is 19.6. The second-order valence-corrected chi connectivity index (χ2v) is 16.4. The molecule has 1 aliphatic carbocycles. The molecule has 0 bridgehead atoms. The van der Waals surface area contributed by atoms with Crippen LogP contribution in [0.3, 0.4) is 0 Å². The van der Waals surface area contributed by atoms with Crippen LogP contribution in [0.5, 0.6) is 5.75 Å². The van der Waals surface area contributed by atoms with Crippen LogP contribution in [-0.2, 0) is 13.0 Å². The Morgan fingerprint density at radius 3 is 2.55 bits per heavy atom. The summed E-state index contributed by atoms with van der Waals surface area (Å²) >= 11 is 1.47. The predicted octanol–water partition coefficient (Wildman–Crippen LogP) is 9.27. The first kappa shape index (κ1) is 35.2. The van der Waals surface area contributed by atoms with Crippen molar-refractivity contribution in [3.8, 4) is 16.9 Å². The van der Waals surface area contributed by atoms with Gasteiger partial charge in [-0.25, -0.2) is 9.97 Å². The predicted molar refractivity (Wildman–Crippen MR) is 214 cm³/mol. The molecule has 1 saturated carbocycles. The van der Waals surface area contributed by atoms with E-state index in [0.29, 0.717) is 28.3 Å². The summed E-state index contributed by atoms with van der Waals surface area (Å²) in [6.45, 7) is 14.4. The first-order chi connectivity index (χ1) is 25.6. The number of anilines is 2. The van der Waals surface area contributed by atoms with Crippen molar-refractivity contribution < 1.29 is 14.3 Å². The second kappa shape index (κ2) is 14.5. The zero-order valence-corrected chi connectivity index (χ0v) is 31.7. The number of nitrogens with one attached hydrogen (secondary N) is 1. The molecule has 2 fully saturated rings. The Labute approximate surface area is 315 Å². The van der Waals surface area contributed by atoms with E-state index < -0.39 is 0 Å². The average molecular weight is 726 g/mol. The number of hydrogen-bond donors (Lipinski definition) is 1. The largest absolute Gasteiger partial charge is 0.490 e. The molecule has 2 aliphatic heterocycles. The average Bonchev–Trinajstić information content (AvgIpc) is 3.75. The highest BCUT2D eigenvalue weighted by Gasteiger charge is 2.42. The van der Waals surface area contributed by atoms with Crippen LogP contribution in [0, 0.1) is 12.3 Å². The molecule has 3 aliphatic rings. The van der Waals surface area contributed by atoms with Gasteiger partial charge in [-0.1, -0.05) is 59.9 Å². The molecule has 0 radical (unpaired) electrons. The van der Waals surface area contributed by atoms with Crippen molar-refractivity contribution in [2.75, 3.05) is 36.4 Å². The highest BCUT2D eigenvalue weighted by atomic mass is 32.1. The van der Waals surface area contributed by atoms with Gasteiger partial charge in [-0.15, -0.1) is 0 Å². The number of Topliss-reactive ketones (excluding diaryl/α,β-unsaturated/α-hetero) is 1. The summed E-state index contributed by atoms with van der Waals surface area (Å²) in [4.78, 5) is 41.1. The van der Waals surface area contributed by atoms with Gasteiger partial charge in [-0.3, -0.25) is 19.8 Å². The van der Waals surface area contributed by atoms with Gasteiger partial charge in [0.15, 0.2) is 10.9 Å². The summed E-state index contributed by atoms with van der Waals surface area (Å²) in [6, 6.07) is 24.0. The number of likely N-dealkylation sites (tertiary alicyclic amines) is 1. The maximum atomic E-state index is 13.6. The number of carbonyl (C=O) groups excluding carboxylic acids is 2. The Balaban J connectivity index is 0.990. The van der Waals surface area contributed by atoms with Gasteiger partial charge in [0.25, 0.3) is 5.91 Å². The molecule has 9 heteroatoms. The number of nitrogens with zero attached hydrogens (tertiary/aromatic N) is 4. The zero-order valence-electron chi connectivity index (χ0n) is 30.9. The van der Waals surface area contributed by atoms with Crippen molar-refractivity contribution >= 4 is 44.2 Å². The monoisotopic (exact) mass is 725 g/mol. The van der Waals surface area contributed by atoms with Crippen LogP contribution in [0.4, 0.5) is 10.9 Å². The van der Waals surface area contributed by atoms with Crippen LogP contribution in [0.25, 0.3) is 21.3 Å². The van der Waals surface area contributed by atoms with Gasteiger partial charge in [-0.05, 0) is 130 Å². The lowest BCUT2D eigenvalue weighted by molar-refractivity contribution is 0.0990. The van der Waals surface area contributed by atoms with Gasteiger partial charge in [0.2, 0.25) is 0 Å². The summed E-state index contributed by atoms with van der Waals surface area (Å²) < 4.78 is 7.78. The van der Waals surface area contributed by atoms with Crippen molar-refractivity contribution in [1.29, 1.82) is 0 Å². The molecule has 2 aromatic heterocycles. The Bertz CT molecular complexity index is 2190. The van der Waals surface area contributed by atoms with E-state index in [1.807, 2.05) is 54.6 Å². The lowest BCUT2D eigenvalue weighted by atomic mass is 9.77.